The zero-order valence-corrected chi connectivity index (χ0v) is 16.3. The maximum Gasteiger partial charge on any atom is 0.296 e. The molecule has 0 aliphatic carbocycles. The molecule has 8 nitrogen and oxygen atoms in total. The minimum Gasteiger partial charge on any atom is -0.450 e. The first-order valence-electron chi connectivity index (χ1n) is 9.52. The molecule has 1 aliphatic rings. The van der Waals surface area contributed by atoms with Crippen molar-refractivity contribution < 1.29 is 14.1 Å². The van der Waals surface area contributed by atoms with Crippen LogP contribution in [-0.2, 0) is 0 Å². The minimum atomic E-state index is -0.905. The number of nitrogens with zero attached hydrogens (tertiary/aromatic N) is 3. The second kappa shape index (κ2) is 6.88. The topological polar surface area (TPSA) is 107 Å². The first-order valence-corrected chi connectivity index (χ1v) is 9.52. The molecule has 0 radical (unpaired) electrons. The molecular formula is C23H15N3O5. The fraction of sp³-hybridized carbons (Fsp3) is 0.0870. The fourth-order valence-corrected chi connectivity index (χ4v) is 3.93. The number of aromatic nitrogens is 1. The SMILES string of the molecule is Cc1ccnc(N2C(=O)c3oc4ccccc4c(=O)c3C2c2cccc([N+](=O)[O-])c2)c1. The van der Waals surface area contributed by atoms with E-state index in [-0.39, 0.29) is 22.4 Å². The van der Waals surface area contributed by atoms with Gasteiger partial charge in [0.15, 0.2) is 5.43 Å². The van der Waals surface area contributed by atoms with Gasteiger partial charge in [-0.05, 0) is 42.3 Å². The van der Waals surface area contributed by atoms with E-state index in [2.05, 4.69) is 4.98 Å². The molecule has 1 unspecified atom stereocenters. The number of amides is 1. The van der Waals surface area contributed by atoms with E-state index in [1.807, 2.05) is 6.92 Å². The molecule has 0 saturated carbocycles. The van der Waals surface area contributed by atoms with E-state index in [1.54, 1.807) is 48.7 Å². The van der Waals surface area contributed by atoms with Gasteiger partial charge in [0.05, 0.1) is 21.9 Å². The number of nitro groups is 1. The molecule has 1 amide bonds. The third kappa shape index (κ3) is 2.88. The summed E-state index contributed by atoms with van der Waals surface area (Å²) in [5.41, 5.74) is 1.25. The lowest BCUT2D eigenvalue weighted by Crippen LogP contribution is -2.30. The van der Waals surface area contributed by atoms with Gasteiger partial charge in [-0.2, -0.15) is 0 Å². The van der Waals surface area contributed by atoms with E-state index in [1.165, 1.54) is 23.1 Å². The van der Waals surface area contributed by atoms with Crippen molar-refractivity contribution in [2.45, 2.75) is 13.0 Å². The molecule has 0 saturated heterocycles. The van der Waals surface area contributed by atoms with Gasteiger partial charge in [0, 0.05) is 18.3 Å². The number of hydrogen-bond donors (Lipinski definition) is 0. The third-order valence-electron chi connectivity index (χ3n) is 5.32. The average molecular weight is 413 g/mol. The van der Waals surface area contributed by atoms with Gasteiger partial charge in [0.25, 0.3) is 11.6 Å². The van der Waals surface area contributed by atoms with Crippen molar-refractivity contribution in [3.8, 4) is 0 Å². The Morgan fingerprint density at radius 2 is 1.87 bits per heavy atom. The van der Waals surface area contributed by atoms with Crippen molar-refractivity contribution in [3.05, 3.63) is 110 Å². The first-order chi connectivity index (χ1) is 15.0. The van der Waals surface area contributed by atoms with Gasteiger partial charge in [0.1, 0.15) is 11.4 Å². The zero-order valence-electron chi connectivity index (χ0n) is 16.3. The van der Waals surface area contributed by atoms with Gasteiger partial charge in [0.2, 0.25) is 5.76 Å². The van der Waals surface area contributed by atoms with E-state index in [4.69, 9.17) is 4.42 Å². The number of hydrogen-bond acceptors (Lipinski definition) is 6. The molecule has 2 aromatic heterocycles. The molecule has 3 heterocycles. The largest absolute Gasteiger partial charge is 0.450 e. The summed E-state index contributed by atoms with van der Waals surface area (Å²) in [5.74, 6) is -0.271. The number of carbonyl (C=O) groups excluding carboxylic acids is 1. The highest BCUT2D eigenvalue weighted by Gasteiger charge is 2.44. The molecular weight excluding hydrogens is 398 g/mol. The summed E-state index contributed by atoms with van der Waals surface area (Å²) in [6, 6.07) is 15.2. The van der Waals surface area contributed by atoms with Gasteiger partial charge in [-0.15, -0.1) is 0 Å². The minimum absolute atomic E-state index is 0.0801. The number of aryl methyl sites for hydroxylation is 1. The van der Waals surface area contributed by atoms with Crippen molar-refractivity contribution in [2.24, 2.45) is 0 Å². The maximum atomic E-state index is 13.4. The number of pyridine rings is 1. The maximum absolute atomic E-state index is 13.4. The van der Waals surface area contributed by atoms with Crippen LogP contribution in [0.2, 0.25) is 0 Å². The summed E-state index contributed by atoms with van der Waals surface area (Å²) in [5, 5.41) is 11.7. The summed E-state index contributed by atoms with van der Waals surface area (Å²) in [6.07, 6.45) is 1.57. The van der Waals surface area contributed by atoms with E-state index in [0.717, 1.165) is 5.56 Å². The van der Waals surface area contributed by atoms with E-state index in [0.29, 0.717) is 22.4 Å². The molecule has 4 aromatic rings. The second-order valence-electron chi connectivity index (χ2n) is 7.29. The van der Waals surface area contributed by atoms with E-state index < -0.39 is 16.9 Å². The highest BCUT2D eigenvalue weighted by molar-refractivity contribution is 6.10. The molecule has 0 N–H and O–H groups in total. The van der Waals surface area contributed by atoms with Gasteiger partial charge in [-0.25, -0.2) is 4.98 Å². The lowest BCUT2D eigenvalue weighted by atomic mass is 9.98. The molecule has 0 fully saturated rings. The smallest absolute Gasteiger partial charge is 0.296 e. The Labute approximate surface area is 175 Å². The van der Waals surface area contributed by atoms with Crippen molar-refractivity contribution in [1.29, 1.82) is 0 Å². The normalized spacial score (nSPS) is 15.3. The summed E-state index contributed by atoms with van der Waals surface area (Å²) in [7, 11) is 0. The fourth-order valence-electron chi connectivity index (χ4n) is 3.93. The number of carbonyl (C=O) groups is 1. The molecule has 0 spiro atoms. The van der Waals surface area contributed by atoms with Crippen LogP contribution >= 0.6 is 0 Å². The predicted octanol–water partition coefficient (Wildman–Crippen LogP) is 4.15. The molecule has 31 heavy (non-hydrogen) atoms. The van der Waals surface area contributed by atoms with Crippen molar-refractivity contribution in [3.63, 3.8) is 0 Å². The monoisotopic (exact) mass is 413 g/mol. The van der Waals surface area contributed by atoms with Crippen LogP contribution in [-0.4, -0.2) is 15.8 Å². The number of para-hydroxylation sites is 1. The average Bonchev–Trinajstić information content (AvgIpc) is 3.07. The number of nitro benzene ring substituents is 1. The molecule has 8 heteroatoms. The van der Waals surface area contributed by atoms with Crippen molar-refractivity contribution in [2.75, 3.05) is 4.90 Å². The lowest BCUT2D eigenvalue weighted by molar-refractivity contribution is -0.384. The Kier molecular flexibility index (Phi) is 4.14. The van der Waals surface area contributed by atoms with Crippen LogP contribution in [0.15, 0.2) is 76.1 Å². The Hall–Kier alpha value is -4.33. The van der Waals surface area contributed by atoms with Crippen LogP contribution in [0.5, 0.6) is 0 Å². The molecule has 5 rings (SSSR count). The third-order valence-corrected chi connectivity index (χ3v) is 5.32. The van der Waals surface area contributed by atoms with Gasteiger partial charge >= 0.3 is 0 Å². The van der Waals surface area contributed by atoms with E-state index >= 15 is 0 Å². The van der Waals surface area contributed by atoms with Crippen LogP contribution in [0, 0.1) is 17.0 Å². The lowest BCUT2D eigenvalue weighted by Gasteiger charge is -2.24. The summed E-state index contributed by atoms with van der Waals surface area (Å²) < 4.78 is 5.86. The first kappa shape index (κ1) is 18.7. The Balaban J connectivity index is 1.83. The number of anilines is 1. The van der Waals surface area contributed by atoms with Crippen LogP contribution in [0.25, 0.3) is 11.0 Å². The quantitative estimate of drug-likeness (QED) is 0.369. The van der Waals surface area contributed by atoms with Crippen LogP contribution in [0.1, 0.15) is 33.3 Å². The molecule has 152 valence electrons. The van der Waals surface area contributed by atoms with Gasteiger partial charge < -0.3 is 4.42 Å². The Morgan fingerprint density at radius 3 is 2.65 bits per heavy atom. The Bertz CT molecular complexity index is 1440. The molecule has 1 aliphatic heterocycles. The molecule has 0 bridgehead atoms. The Morgan fingerprint density at radius 1 is 1.06 bits per heavy atom. The highest BCUT2D eigenvalue weighted by atomic mass is 16.6. The number of benzene rings is 2. The highest BCUT2D eigenvalue weighted by Crippen LogP contribution is 2.41. The molecule has 2 aromatic carbocycles. The van der Waals surface area contributed by atoms with Crippen LogP contribution in [0.4, 0.5) is 11.5 Å². The van der Waals surface area contributed by atoms with Crippen LogP contribution in [0.3, 0.4) is 0 Å². The number of non-ortho nitro benzene ring substituents is 1. The summed E-state index contributed by atoms with van der Waals surface area (Å²) in [4.78, 5) is 43.4. The zero-order chi connectivity index (χ0) is 21.7. The number of fused-ring (bicyclic) bond motifs is 2. The van der Waals surface area contributed by atoms with Gasteiger partial charge in [-0.3, -0.25) is 24.6 Å². The predicted molar refractivity (Wildman–Crippen MR) is 113 cm³/mol. The molecule has 1 atom stereocenters. The number of rotatable bonds is 3. The van der Waals surface area contributed by atoms with Crippen LogP contribution < -0.4 is 10.3 Å². The van der Waals surface area contributed by atoms with E-state index in [9.17, 15) is 19.7 Å². The van der Waals surface area contributed by atoms with Crippen molar-refractivity contribution in [1.82, 2.24) is 4.98 Å². The van der Waals surface area contributed by atoms with Gasteiger partial charge in [-0.1, -0.05) is 24.3 Å². The summed E-state index contributed by atoms with van der Waals surface area (Å²) in [6.45, 7) is 1.86. The second-order valence-corrected chi connectivity index (χ2v) is 7.29. The van der Waals surface area contributed by atoms with Crippen molar-refractivity contribution >= 4 is 28.4 Å². The standard InChI is InChI=1S/C23H15N3O5/c1-13-9-10-24-18(11-13)25-20(14-5-4-6-15(12-14)26(29)30)19-21(27)16-7-2-3-8-17(16)31-22(19)23(25)28/h2-12,20H,1H3. The summed E-state index contributed by atoms with van der Waals surface area (Å²) >= 11 is 0.